The van der Waals surface area contributed by atoms with Gasteiger partial charge < -0.3 is 9.64 Å². The molecule has 0 aliphatic carbocycles. The number of sulfone groups is 1. The molecule has 1 aliphatic heterocycles. The van der Waals surface area contributed by atoms with E-state index in [0.29, 0.717) is 12.1 Å². The van der Waals surface area contributed by atoms with Crippen molar-refractivity contribution in [1.82, 2.24) is 0 Å². The molecule has 0 unspecified atom stereocenters. The summed E-state index contributed by atoms with van der Waals surface area (Å²) in [6, 6.07) is 16.0. The summed E-state index contributed by atoms with van der Waals surface area (Å²) in [5, 5.41) is 0. The molecule has 7 heteroatoms. The van der Waals surface area contributed by atoms with Crippen molar-refractivity contribution < 1.29 is 22.7 Å². The van der Waals surface area contributed by atoms with E-state index in [4.69, 9.17) is 4.74 Å². The number of aryl methyl sites for hydroxylation is 1. The third kappa shape index (κ3) is 5.54. The predicted molar refractivity (Wildman–Crippen MR) is 112 cm³/mol. The van der Waals surface area contributed by atoms with Crippen LogP contribution in [0.15, 0.2) is 60.7 Å². The van der Waals surface area contributed by atoms with E-state index < -0.39 is 34.4 Å². The summed E-state index contributed by atoms with van der Waals surface area (Å²) in [4.78, 5) is 26.3. The van der Waals surface area contributed by atoms with E-state index in [1.165, 1.54) is 11.0 Å². The lowest BCUT2D eigenvalue weighted by atomic mass is 10.1. The van der Waals surface area contributed by atoms with Crippen LogP contribution in [-0.2, 0) is 24.2 Å². The molecule has 1 atom stereocenters. The van der Waals surface area contributed by atoms with Crippen LogP contribution in [0.1, 0.15) is 17.5 Å². The Kier molecular flexibility index (Phi) is 6.49. The minimum Gasteiger partial charge on any atom is -0.452 e. The topological polar surface area (TPSA) is 80.8 Å². The number of hydrogen-bond acceptors (Lipinski definition) is 5. The molecule has 0 radical (unpaired) electrons. The second-order valence-electron chi connectivity index (χ2n) is 6.95. The van der Waals surface area contributed by atoms with Gasteiger partial charge in [-0.15, -0.1) is 0 Å². The van der Waals surface area contributed by atoms with Crippen LogP contribution in [0.5, 0.6) is 0 Å². The molecule has 1 saturated heterocycles. The molecule has 1 fully saturated rings. The molecule has 3 rings (SSSR count). The van der Waals surface area contributed by atoms with Crippen molar-refractivity contribution in [2.45, 2.75) is 19.4 Å². The van der Waals surface area contributed by atoms with Crippen LogP contribution in [0.3, 0.4) is 0 Å². The number of esters is 1. The normalized spacial score (nSPS) is 17.9. The van der Waals surface area contributed by atoms with Crippen molar-refractivity contribution in [2.24, 2.45) is 0 Å². The molecular weight excluding hydrogens is 390 g/mol. The van der Waals surface area contributed by atoms with Crippen LogP contribution in [0, 0.1) is 6.92 Å². The van der Waals surface area contributed by atoms with E-state index in [9.17, 15) is 18.0 Å². The maximum atomic E-state index is 12.8. The van der Waals surface area contributed by atoms with Gasteiger partial charge in [-0.1, -0.05) is 42.5 Å². The second kappa shape index (κ2) is 9.05. The highest BCUT2D eigenvalue weighted by Gasteiger charge is 2.35. The first-order chi connectivity index (χ1) is 13.9. The first-order valence-electron chi connectivity index (χ1n) is 9.34. The van der Waals surface area contributed by atoms with Crippen molar-refractivity contribution in [3.05, 3.63) is 71.8 Å². The summed E-state index contributed by atoms with van der Waals surface area (Å²) in [5.41, 5.74) is 2.49. The second-order valence-corrected chi connectivity index (χ2v) is 9.18. The first-order valence-corrected chi connectivity index (χ1v) is 11.2. The average molecular weight is 413 g/mol. The minimum atomic E-state index is -3.17. The summed E-state index contributed by atoms with van der Waals surface area (Å²) in [6.45, 7) is 1.48. The van der Waals surface area contributed by atoms with Crippen LogP contribution in [0.4, 0.5) is 5.69 Å². The third-order valence-corrected chi connectivity index (χ3v) is 6.55. The SMILES string of the molecule is Cc1ccccc1/C=C/C(=O)OCC(=O)N(c1ccccc1)[C@H]1CCS(=O)(=O)C1. The number of hydrogen-bond donors (Lipinski definition) is 0. The van der Waals surface area contributed by atoms with Crippen molar-refractivity contribution in [3.8, 4) is 0 Å². The van der Waals surface area contributed by atoms with Gasteiger partial charge in [0.25, 0.3) is 5.91 Å². The summed E-state index contributed by atoms with van der Waals surface area (Å²) in [7, 11) is -3.17. The zero-order chi connectivity index (χ0) is 20.9. The van der Waals surface area contributed by atoms with Crippen molar-refractivity contribution in [2.75, 3.05) is 23.0 Å². The Morgan fingerprint density at radius 3 is 2.45 bits per heavy atom. The van der Waals surface area contributed by atoms with E-state index in [-0.39, 0.29) is 11.5 Å². The molecule has 1 aliphatic rings. The quantitative estimate of drug-likeness (QED) is 0.537. The Morgan fingerprint density at radius 1 is 1.10 bits per heavy atom. The van der Waals surface area contributed by atoms with E-state index in [1.807, 2.05) is 37.3 Å². The maximum absolute atomic E-state index is 12.8. The number of ether oxygens (including phenoxy) is 1. The highest BCUT2D eigenvalue weighted by Crippen LogP contribution is 2.24. The van der Waals surface area contributed by atoms with Crippen molar-refractivity contribution in [3.63, 3.8) is 0 Å². The number of nitrogens with zero attached hydrogens (tertiary/aromatic N) is 1. The number of carbonyl (C=O) groups excluding carboxylic acids is 2. The monoisotopic (exact) mass is 413 g/mol. The number of carbonyl (C=O) groups is 2. The molecule has 0 aromatic heterocycles. The minimum absolute atomic E-state index is 0.0488. The van der Waals surface area contributed by atoms with E-state index >= 15 is 0 Å². The van der Waals surface area contributed by atoms with Crippen molar-refractivity contribution in [1.29, 1.82) is 0 Å². The van der Waals surface area contributed by atoms with Gasteiger partial charge in [-0.3, -0.25) is 4.79 Å². The summed E-state index contributed by atoms with van der Waals surface area (Å²) >= 11 is 0. The molecule has 0 bridgehead atoms. The van der Waals surface area contributed by atoms with Gasteiger partial charge in [-0.05, 0) is 42.7 Å². The lowest BCUT2D eigenvalue weighted by molar-refractivity contribution is -0.143. The number of amides is 1. The molecule has 0 spiro atoms. The lowest BCUT2D eigenvalue weighted by Gasteiger charge is -2.28. The Labute approximate surface area is 170 Å². The molecular formula is C22H23NO5S. The van der Waals surface area contributed by atoms with Crippen molar-refractivity contribution >= 4 is 33.5 Å². The molecule has 2 aromatic rings. The Bertz CT molecular complexity index is 1010. The van der Waals surface area contributed by atoms with E-state index in [1.54, 1.807) is 30.3 Å². The smallest absolute Gasteiger partial charge is 0.331 e. The van der Waals surface area contributed by atoms with Gasteiger partial charge in [0.1, 0.15) is 0 Å². The van der Waals surface area contributed by atoms with Gasteiger partial charge in [0.05, 0.1) is 17.5 Å². The van der Waals surface area contributed by atoms with Crippen LogP contribution in [-0.4, -0.2) is 44.4 Å². The Balaban J connectivity index is 1.67. The van der Waals surface area contributed by atoms with Gasteiger partial charge in [0.15, 0.2) is 16.4 Å². The lowest BCUT2D eigenvalue weighted by Crippen LogP contribution is -2.43. The zero-order valence-electron chi connectivity index (χ0n) is 16.2. The van der Waals surface area contributed by atoms with E-state index in [0.717, 1.165) is 11.1 Å². The van der Waals surface area contributed by atoms with Crippen LogP contribution >= 0.6 is 0 Å². The molecule has 152 valence electrons. The molecule has 6 nitrogen and oxygen atoms in total. The fourth-order valence-electron chi connectivity index (χ4n) is 3.31. The Morgan fingerprint density at radius 2 is 1.79 bits per heavy atom. The van der Waals surface area contributed by atoms with Gasteiger partial charge in [0.2, 0.25) is 0 Å². The van der Waals surface area contributed by atoms with Gasteiger partial charge in [0, 0.05) is 11.8 Å². The van der Waals surface area contributed by atoms with Gasteiger partial charge in [-0.25, -0.2) is 13.2 Å². The zero-order valence-corrected chi connectivity index (χ0v) is 17.0. The summed E-state index contributed by atoms with van der Waals surface area (Å²) in [6.07, 6.45) is 3.28. The molecule has 2 aromatic carbocycles. The highest BCUT2D eigenvalue weighted by atomic mass is 32.2. The maximum Gasteiger partial charge on any atom is 0.331 e. The standard InChI is InChI=1S/C22H23NO5S/c1-17-7-5-6-8-18(17)11-12-22(25)28-15-21(24)23(19-9-3-2-4-10-19)20-13-14-29(26,27)16-20/h2-12,20H,13-16H2,1H3/b12-11+/t20-/m0/s1. The highest BCUT2D eigenvalue weighted by molar-refractivity contribution is 7.91. The number of benzene rings is 2. The van der Waals surface area contributed by atoms with Crippen LogP contribution in [0.25, 0.3) is 6.08 Å². The number of para-hydroxylation sites is 1. The van der Waals surface area contributed by atoms with Crippen LogP contribution < -0.4 is 4.90 Å². The molecule has 1 amide bonds. The third-order valence-electron chi connectivity index (χ3n) is 4.80. The van der Waals surface area contributed by atoms with Gasteiger partial charge >= 0.3 is 5.97 Å². The number of rotatable bonds is 6. The average Bonchev–Trinajstić information content (AvgIpc) is 3.06. The number of anilines is 1. The fourth-order valence-corrected chi connectivity index (χ4v) is 5.01. The predicted octanol–water partition coefficient (Wildman–Crippen LogP) is 2.77. The summed E-state index contributed by atoms with van der Waals surface area (Å²) < 4.78 is 28.9. The summed E-state index contributed by atoms with van der Waals surface area (Å²) in [5.74, 6) is -1.12. The largest absolute Gasteiger partial charge is 0.452 e. The van der Waals surface area contributed by atoms with E-state index in [2.05, 4.69) is 0 Å². The van der Waals surface area contributed by atoms with Gasteiger partial charge in [-0.2, -0.15) is 0 Å². The Hall–Kier alpha value is -2.93. The molecule has 0 N–H and O–H groups in total. The molecule has 29 heavy (non-hydrogen) atoms. The molecule has 1 heterocycles. The fraction of sp³-hybridized carbons (Fsp3) is 0.273. The molecule has 0 saturated carbocycles. The first kappa shape index (κ1) is 20.8. The van der Waals surface area contributed by atoms with Crippen LogP contribution in [0.2, 0.25) is 0 Å².